The summed E-state index contributed by atoms with van der Waals surface area (Å²) < 4.78 is 2.27. The fraction of sp³-hybridized carbons (Fsp3) is 0.450. The Morgan fingerprint density at radius 3 is 2.64 bits per heavy atom. The van der Waals surface area contributed by atoms with Crippen molar-refractivity contribution in [3.8, 4) is 0 Å². The second kappa shape index (κ2) is 6.15. The molecular formula is C20H27N4S+. The van der Waals surface area contributed by atoms with Gasteiger partial charge < -0.3 is 14.7 Å². The number of nitrogens with zero attached hydrogens (tertiary/aromatic N) is 3. The zero-order valence-electron chi connectivity index (χ0n) is 15.5. The van der Waals surface area contributed by atoms with E-state index in [1.54, 1.807) is 11.3 Å². The molecule has 0 saturated carbocycles. The Hall–Kier alpha value is -1.85. The average Bonchev–Trinajstić information content (AvgIpc) is 2.87. The number of likely N-dealkylation sites (N-methyl/N-ethyl adjacent to an activating group) is 1. The number of hydrogen-bond donors (Lipinski definition) is 1. The topological polar surface area (TPSA) is 27.6 Å². The van der Waals surface area contributed by atoms with Crippen LogP contribution in [0.25, 0.3) is 5.82 Å². The van der Waals surface area contributed by atoms with Gasteiger partial charge in [0.15, 0.2) is 0 Å². The minimum absolute atomic E-state index is 0.670. The summed E-state index contributed by atoms with van der Waals surface area (Å²) in [6.07, 6.45) is 0. The van der Waals surface area contributed by atoms with Gasteiger partial charge in [-0.3, -0.25) is 0 Å². The van der Waals surface area contributed by atoms with Crippen LogP contribution in [0.3, 0.4) is 0 Å². The molecule has 3 heterocycles. The number of fused-ring (bicyclic) bond motifs is 2. The highest BCUT2D eigenvalue weighted by molar-refractivity contribution is 7.09. The molecule has 4 nitrogen and oxygen atoms in total. The molecule has 2 aromatic rings. The Morgan fingerprint density at radius 1 is 1.20 bits per heavy atom. The van der Waals surface area contributed by atoms with Crippen molar-refractivity contribution in [2.45, 2.75) is 26.8 Å². The quantitative estimate of drug-likeness (QED) is 0.839. The van der Waals surface area contributed by atoms with Gasteiger partial charge in [-0.25, -0.2) is 4.99 Å². The Kier molecular flexibility index (Phi) is 4.08. The number of thiophene rings is 1. The molecule has 4 rings (SSSR count). The molecule has 2 aliphatic rings. The number of quaternary nitrogens is 1. The van der Waals surface area contributed by atoms with Crippen molar-refractivity contribution < 1.29 is 4.48 Å². The van der Waals surface area contributed by atoms with E-state index >= 15 is 0 Å². The lowest BCUT2D eigenvalue weighted by atomic mass is 10.2. The molecule has 25 heavy (non-hydrogen) atoms. The average molecular weight is 356 g/mol. The summed E-state index contributed by atoms with van der Waals surface area (Å²) in [5.74, 6) is 1.23. The highest BCUT2D eigenvalue weighted by Gasteiger charge is 2.32. The Labute approximate surface area is 153 Å². The molecular weight excluding hydrogens is 328 g/mol. The molecule has 1 fully saturated rings. The zero-order chi connectivity index (χ0) is 17.6. The molecule has 0 amide bonds. The van der Waals surface area contributed by atoms with Crippen LogP contribution in [0, 0.1) is 6.92 Å². The number of aryl methyl sites for hydroxylation is 1. The number of para-hydroxylation sites is 2. The van der Waals surface area contributed by atoms with E-state index in [0.717, 1.165) is 33.6 Å². The molecule has 0 atom stereocenters. The van der Waals surface area contributed by atoms with E-state index in [2.05, 4.69) is 68.4 Å². The summed E-state index contributed by atoms with van der Waals surface area (Å²) in [5, 5.41) is 4.95. The second-order valence-corrected chi connectivity index (χ2v) is 8.92. The maximum Gasteiger partial charge on any atom is 0.127 e. The summed E-state index contributed by atoms with van der Waals surface area (Å²) in [6, 6.07) is 11.3. The van der Waals surface area contributed by atoms with Crippen LogP contribution in [0.4, 0.5) is 11.4 Å². The third kappa shape index (κ3) is 2.96. The van der Waals surface area contributed by atoms with Crippen LogP contribution in [0.2, 0.25) is 0 Å². The molecule has 1 aromatic carbocycles. The minimum Gasteiger partial charge on any atom is -0.346 e. The fourth-order valence-electron chi connectivity index (χ4n) is 3.65. The molecule has 0 aliphatic carbocycles. The van der Waals surface area contributed by atoms with Gasteiger partial charge in [-0.1, -0.05) is 12.1 Å². The number of piperazine rings is 1. The monoisotopic (exact) mass is 355 g/mol. The van der Waals surface area contributed by atoms with E-state index in [1.165, 1.54) is 29.0 Å². The predicted octanol–water partition coefficient (Wildman–Crippen LogP) is 2.67. The van der Waals surface area contributed by atoms with E-state index in [9.17, 15) is 0 Å². The van der Waals surface area contributed by atoms with Crippen LogP contribution in [0.15, 0.2) is 35.3 Å². The number of anilines is 1. The lowest BCUT2D eigenvalue weighted by molar-refractivity contribution is -0.933. The molecule has 132 valence electrons. The lowest BCUT2D eigenvalue weighted by Gasteiger charge is -2.46. The molecule has 0 bridgehead atoms. The molecule has 1 aromatic heterocycles. The highest BCUT2D eigenvalue weighted by atomic mass is 32.1. The van der Waals surface area contributed by atoms with E-state index in [1.807, 2.05) is 0 Å². The van der Waals surface area contributed by atoms with Gasteiger partial charge in [-0.05, 0) is 39.0 Å². The number of rotatable bonds is 2. The Bertz CT molecular complexity index is 904. The minimum atomic E-state index is 0.670. The van der Waals surface area contributed by atoms with Crippen molar-refractivity contribution in [3.05, 3.63) is 45.1 Å². The first-order valence-corrected chi connectivity index (χ1v) is 9.93. The number of benzene rings is 1. The van der Waals surface area contributed by atoms with E-state index < -0.39 is 0 Å². The first-order chi connectivity index (χ1) is 12.0. The molecule has 2 aliphatic heterocycles. The van der Waals surface area contributed by atoms with Gasteiger partial charge in [-0.2, -0.15) is 0 Å². The van der Waals surface area contributed by atoms with E-state index in [-0.39, 0.29) is 0 Å². The summed E-state index contributed by atoms with van der Waals surface area (Å²) in [7, 11) is 2.39. The van der Waals surface area contributed by atoms with Crippen molar-refractivity contribution in [2.24, 2.45) is 4.99 Å². The fourth-order valence-corrected chi connectivity index (χ4v) is 4.54. The van der Waals surface area contributed by atoms with Crippen LogP contribution in [-0.2, 0) is 0 Å². The molecule has 5 heteroatoms. The molecule has 1 saturated heterocycles. The lowest BCUT2D eigenvalue weighted by Crippen LogP contribution is -2.60. The number of hydrogen-bond acceptors (Lipinski definition) is 4. The summed E-state index contributed by atoms with van der Waals surface area (Å²) in [6.45, 7) is 11.4. The van der Waals surface area contributed by atoms with Crippen molar-refractivity contribution in [2.75, 3.05) is 38.5 Å². The maximum atomic E-state index is 4.93. The molecule has 0 radical (unpaired) electrons. The first kappa shape index (κ1) is 16.6. The molecule has 0 spiro atoms. The van der Waals surface area contributed by atoms with Gasteiger partial charge >= 0.3 is 0 Å². The third-order valence-corrected chi connectivity index (χ3v) is 6.74. The van der Waals surface area contributed by atoms with Crippen molar-refractivity contribution in [1.82, 2.24) is 4.90 Å². The zero-order valence-corrected chi connectivity index (χ0v) is 16.4. The second-order valence-electron chi connectivity index (χ2n) is 7.69. The maximum absolute atomic E-state index is 4.93. The number of nitrogens with one attached hydrogen (secondary N) is 1. The van der Waals surface area contributed by atoms with Gasteiger partial charge in [0.1, 0.15) is 10.5 Å². The largest absolute Gasteiger partial charge is 0.346 e. The van der Waals surface area contributed by atoms with Gasteiger partial charge in [0.25, 0.3) is 0 Å². The van der Waals surface area contributed by atoms with E-state index in [4.69, 9.17) is 4.99 Å². The van der Waals surface area contributed by atoms with Crippen LogP contribution < -0.4 is 15.2 Å². The van der Waals surface area contributed by atoms with Crippen molar-refractivity contribution >= 4 is 28.5 Å². The van der Waals surface area contributed by atoms with Gasteiger partial charge in [0.2, 0.25) is 0 Å². The molecule has 1 N–H and O–H groups in total. The standard InChI is InChI=1S/C20H27N4S/c1-14(2)24(4)11-9-23(10-12-24)19-16-13-15(3)25-20(16)22-18-8-6-5-7-17(18)21-19/h5-8,13-14,21H,9-12H2,1-4H3/q+1. The third-order valence-electron chi connectivity index (χ3n) is 5.79. The summed E-state index contributed by atoms with van der Waals surface area (Å²) >= 11 is 1.78. The van der Waals surface area contributed by atoms with Crippen LogP contribution in [0.1, 0.15) is 18.7 Å². The Morgan fingerprint density at radius 2 is 1.92 bits per heavy atom. The molecule has 0 unspecified atom stereocenters. The van der Waals surface area contributed by atoms with Crippen LogP contribution in [-0.4, -0.2) is 48.7 Å². The van der Waals surface area contributed by atoms with Crippen LogP contribution in [0.5, 0.6) is 0 Å². The highest BCUT2D eigenvalue weighted by Crippen LogP contribution is 2.28. The van der Waals surface area contributed by atoms with E-state index in [0.29, 0.717) is 6.04 Å². The van der Waals surface area contributed by atoms with Crippen LogP contribution >= 0.6 is 11.3 Å². The summed E-state index contributed by atoms with van der Waals surface area (Å²) in [4.78, 5) is 8.76. The van der Waals surface area contributed by atoms with Gasteiger partial charge in [-0.15, -0.1) is 11.3 Å². The van der Waals surface area contributed by atoms with Crippen molar-refractivity contribution in [1.29, 1.82) is 0 Å². The first-order valence-electron chi connectivity index (χ1n) is 9.11. The predicted molar refractivity (Wildman–Crippen MR) is 106 cm³/mol. The summed E-state index contributed by atoms with van der Waals surface area (Å²) in [5.41, 5.74) is 2.13. The Balaban J connectivity index is 1.76. The van der Waals surface area contributed by atoms with Gasteiger partial charge in [0, 0.05) is 4.88 Å². The normalized spacial score (nSPS) is 18.9. The van der Waals surface area contributed by atoms with Gasteiger partial charge in [0.05, 0.1) is 55.9 Å². The van der Waals surface area contributed by atoms with Crippen molar-refractivity contribution in [3.63, 3.8) is 0 Å². The smallest absolute Gasteiger partial charge is 0.127 e. The SMILES string of the molecule is Cc1cc2c(s1)=Nc1ccccc1NC=2N1CC[N+](C)(C(C)C)CC1.